The van der Waals surface area contributed by atoms with E-state index in [1.807, 2.05) is 25.0 Å². The van der Waals surface area contributed by atoms with E-state index in [9.17, 15) is 0 Å². The van der Waals surface area contributed by atoms with Crippen LogP contribution >= 0.6 is 24.0 Å². The molecule has 0 aliphatic carbocycles. The zero-order chi connectivity index (χ0) is 16.8. The number of hydrogen-bond donors (Lipinski definition) is 1. The molecular weight excluding hydrogens is 415 g/mol. The molecule has 1 aliphatic rings. The van der Waals surface area contributed by atoms with Gasteiger partial charge in [-0.15, -0.1) is 24.0 Å². The van der Waals surface area contributed by atoms with Crippen LogP contribution in [0.15, 0.2) is 17.4 Å². The van der Waals surface area contributed by atoms with Crippen molar-refractivity contribution in [2.24, 2.45) is 12.0 Å². The van der Waals surface area contributed by atoms with Crippen LogP contribution in [0.3, 0.4) is 0 Å². The second-order valence-corrected chi connectivity index (χ2v) is 6.59. The van der Waals surface area contributed by atoms with E-state index in [1.54, 1.807) is 0 Å². The van der Waals surface area contributed by atoms with Crippen molar-refractivity contribution in [3.63, 3.8) is 0 Å². The maximum Gasteiger partial charge on any atom is 0.193 e. The Hall–Kier alpha value is -0.830. The van der Waals surface area contributed by atoms with E-state index < -0.39 is 0 Å². The Morgan fingerprint density at radius 3 is 2.88 bits per heavy atom. The number of aromatic nitrogens is 2. The smallest absolute Gasteiger partial charge is 0.193 e. The summed E-state index contributed by atoms with van der Waals surface area (Å²) in [6.45, 7) is 8.55. The Balaban J connectivity index is 0.00000288. The van der Waals surface area contributed by atoms with Crippen LogP contribution in [-0.4, -0.2) is 71.9 Å². The summed E-state index contributed by atoms with van der Waals surface area (Å²) in [6, 6.07) is 0.626. The molecule has 1 aliphatic heterocycles. The van der Waals surface area contributed by atoms with E-state index in [1.165, 1.54) is 18.4 Å². The van der Waals surface area contributed by atoms with Crippen LogP contribution in [-0.2, 0) is 7.05 Å². The lowest BCUT2D eigenvalue weighted by Gasteiger charge is -2.26. The molecule has 2 rings (SSSR count). The predicted octanol–water partition coefficient (Wildman–Crippen LogP) is 2.13. The lowest BCUT2D eigenvalue weighted by Crippen LogP contribution is -2.43. The number of likely N-dealkylation sites (tertiary alicyclic amines) is 1. The standard InChI is InChI=1S/C17H32N6.HI/c1-6-14(2)21(4)10-8-19-17(18-3)23-9-7-15(13-23)16-11-20-22(5)12-16;/h11-12,14-15H,6-10,13H2,1-5H3,(H,18,19);1H. The first-order valence-corrected chi connectivity index (χ1v) is 8.69. The predicted molar refractivity (Wildman–Crippen MR) is 111 cm³/mol. The van der Waals surface area contributed by atoms with Crippen LogP contribution in [0.25, 0.3) is 0 Å². The van der Waals surface area contributed by atoms with E-state index in [0.29, 0.717) is 12.0 Å². The van der Waals surface area contributed by atoms with Gasteiger partial charge in [-0.2, -0.15) is 5.10 Å². The van der Waals surface area contributed by atoms with Crippen LogP contribution in [0.2, 0.25) is 0 Å². The molecule has 0 bridgehead atoms. The molecule has 7 heteroatoms. The molecule has 2 heterocycles. The number of halogens is 1. The van der Waals surface area contributed by atoms with Gasteiger partial charge in [0.25, 0.3) is 0 Å². The van der Waals surface area contributed by atoms with Gasteiger partial charge >= 0.3 is 0 Å². The second-order valence-electron chi connectivity index (χ2n) is 6.59. The van der Waals surface area contributed by atoms with Gasteiger partial charge in [0, 0.05) is 58.4 Å². The molecule has 1 saturated heterocycles. The molecule has 1 N–H and O–H groups in total. The van der Waals surface area contributed by atoms with Gasteiger partial charge in [-0.1, -0.05) is 6.92 Å². The summed E-state index contributed by atoms with van der Waals surface area (Å²) in [4.78, 5) is 9.21. The molecule has 2 unspecified atom stereocenters. The van der Waals surface area contributed by atoms with Crippen molar-refractivity contribution in [3.8, 4) is 0 Å². The van der Waals surface area contributed by atoms with E-state index >= 15 is 0 Å². The summed E-state index contributed by atoms with van der Waals surface area (Å²) in [6.07, 6.45) is 6.47. The second kappa shape index (κ2) is 10.2. The van der Waals surface area contributed by atoms with E-state index in [2.05, 4.69) is 52.3 Å². The first-order chi connectivity index (χ1) is 11.0. The Bertz CT molecular complexity index is 515. The van der Waals surface area contributed by atoms with Crippen molar-refractivity contribution in [3.05, 3.63) is 18.0 Å². The Kier molecular flexibility index (Phi) is 9.04. The van der Waals surface area contributed by atoms with Gasteiger partial charge in [0.05, 0.1) is 6.20 Å². The van der Waals surface area contributed by atoms with E-state index in [0.717, 1.165) is 32.1 Å². The summed E-state index contributed by atoms with van der Waals surface area (Å²) in [5.41, 5.74) is 1.34. The average molecular weight is 448 g/mol. The summed E-state index contributed by atoms with van der Waals surface area (Å²) in [5, 5.41) is 7.80. The molecule has 1 fully saturated rings. The average Bonchev–Trinajstić information content (AvgIpc) is 3.19. The monoisotopic (exact) mass is 448 g/mol. The summed E-state index contributed by atoms with van der Waals surface area (Å²) < 4.78 is 1.88. The third kappa shape index (κ3) is 5.61. The highest BCUT2D eigenvalue weighted by Crippen LogP contribution is 2.26. The fraction of sp³-hybridized carbons (Fsp3) is 0.765. The molecule has 0 saturated carbocycles. The number of nitrogens with one attached hydrogen (secondary N) is 1. The van der Waals surface area contributed by atoms with Gasteiger partial charge in [0.2, 0.25) is 0 Å². The largest absolute Gasteiger partial charge is 0.355 e. The maximum atomic E-state index is 4.46. The summed E-state index contributed by atoms with van der Waals surface area (Å²) in [7, 11) is 6.04. The number of hydrogen-bond acceptors (Lipinski definition) is 3. The lowest BCUT2D eigenvalue weighted by molar-refractivity contribution is 0.255. The number of rotatable bonds is 6. The molecule has 6 nitrogen and oxygen atoms in total. The quantitative estimate of drug-likeness (QED) is 0.412. The van der Waals surface area contributed by atoms with Crippen molar-refractivity contribution in [1.29, 1.82) is 0 Å². The van der Waals surface area contributed by atoms with Gasteiger partial charge in [-0.3, -0.25) is 9.67 Å². The molecule has 24 heavy (non-hydrogen) atoms. The van der Waals surface area contributed by atoms with E-state index in [4.69, 9.17) is 0 Å². The Labute approximate surface area is 163 Å². The number of guanidine groups is 1. The highest BCUT2D eigenvalue weighted by Gasteiger charge is 2.26. The summed E-state index contributed by atoms with van der Waals surface area (Å²) >= 11 is 0. The highest BCUT2D eigenvalue weighted by atomic mass is 127. The lowest BCUT2D eigenvalue weighted by atomic mass is 10.0. The van der Waals surface area contributed by atoms with Crippen LogP contribution < -0.4 is 5.32 Å². The van der Waals surface area contributed by atoms with Gasteiger partial charge in [0.15, 0.2) is 5.96 Å². The molecule has 0 radical (unpaired) electrons. The van der Waals surface area contributed by atoms with Crippen LogP contribution in [0.4, 0.5) is 0 Å². The third-order valence-corrected chi connectivity index (χ3v) is 4.99. The summed E-state index contributed by atoms with van der Waals surface area (Å²) in [5.74, 6) is 1.58. The normalized spacial score (nSPS) is 19.5. The van der Waals surface area contributed by atoms with Gasteiger partial charge in [-0.05, 0) is 32.4 Å². The fourth-order valence-corrected chi connectivity index (χ4v) is 3.08. The molecule has 0 spiro atoms. The Morgan fingerprint density at radius 2 is 2.29 bits per heavy atom. The number of nitrogens with zero attached hydrogens (tertiary/aromatic N) is 5. The SMILES string of the molecule is CCC(C)N(C)CCNC(=NC)N1CCC(c2cnn(C)c2)C1.I. The van der Waals surface area contributed by atoms with Gasteiger partial charge in [-0.25, -0.2) is 0 Å². The minimum atomic E-state index is 0. The first-order valence-electron chi connectivity index (χ1n) is 8.69. The number of likely N-dealkylation sites (N-methyl/N-ethyl adjacent to an activating group) is 1. The van der Waals surface area contributed by atoms with Crippen molar-refractivity contribution >= 4 is 29.9 Å². The maximum absolute atomic E-state index is 4.46. The van der Waals surface area contributed by atoms with Crippen molar-refractivity contribution in [1.82, 2.24) is 24.9 Å². The zero-order valence-electron chi connectivity index (χ0n) is 15.7. The van der Waals surface area contributed by atoms with Crippen LogP contribution in [0, 0.1) is 0 Å². The molecule has 2 atom stereocenters. The third-order valence-electron chi connectivity index (χ3n) is 4.99. The molecular formula is C17H33IN6. The Morgan fingerprint density at radius 1 is 1.54 bits per heavy atom. The molecule has 1 aromatic rings. The fourth-order valence-electron chi connectivity index (χ4n) is 3.08. The van der Waals surface area contributed by atoms with Gasteiger partial charge in [0.1, 0.15) is 0 Å². The molecule has 138 valence electrons. The molecule has 1 aromatic heterocycles. The van der Waals surface area contributed by atoms with Crippen LogP contribution in [0.1, 0.15) is 38.2 Å². The minimum absolute atomic E-state index is 0. The first kappa shape index (κ1) is 21.2. The van der Waals surface area contributed by atoms with Crippen molar-refractivity contribution in [2.75, 3.05) is 40.3 Å². The van der Waals surface area contributed by atoms with E-state index in [-0.39, 0.29) is 24.0 Å². The topological polar surface area (TPSA) is 48.7 Å². The zero-order valence-corrected chi connectivity index (χ0v) is 18.0. The highest BCUT2D eigenvalue weighted by molar-refractivity contribution is 14.0. The number of aliphatic imine (C=N–C) groups is 1. The van der Waals surface area contributed by atoms with Crippen molar-refractivity contribution < 1.29 is 0 Å². The molecule has 0 amide bonds. The minimum Gasteiger partial charge on any atom is -0.355 e. The number of aryl methyl sites for hydroxylation is 1. The molecule has 0 aromatic carbocycles. The van der Waals surface area contributed by atoms with Crippen LogP contribution in [0.5, 0.6) is 0 Å². The van der Waals surface area contributed by atoms with Crippen molar-refractivity contribution in [2.45, 2.75) is 38.6 Å². The van der Waals surface area contributed by atoms with Gasteiger partial charge < -0.3 is 15.1 Å².